The van der Waals surface area contributed by atoms with E-state index >= 15 is 0 Å². The standard InChI is InChI=1S/C12H22N4O2S/c1-5-7-13-9-11-12(10(3)14-15-11)19(17,18)16(4)8-6-2/h6,13H,2,5,7-9H2,1,3-4H3,(H,14,15). The van der Waals surface area contributed by atoms with Crippen molar-refractivity contribution in [1.82, 2.24) is 19.8 Å². The highest BCUT2D eigenvalue weighted by Gasteiger charge is 2.27. The average molecular weight is 286 g/mol. The Morgan fingerprint density at radius 2 is 2.21 bits per heavy atom. The molecule has 0 atom stereocenters. The van der Waals surface area contributed by atoms with E-state index in [4.69, 9.17) is 0 Å². The molecular weight excluding hydrogens is 264 g/mol. The highest BCUT2D eigenvalue weighted by Crippen LogP contribution is 2.21. The van der Waals surface area contributed by atoms with Crippen molar-refractivity contribution < 1.29 is 8.42 Å². The zero-order valence-corrected chi connectivity index (χ0v) is 12.5. The molecule has 7 heteroatoms. The van der Waals surface area contributed by atoms with Crippen LogP contribution >= 0.6 is 0 Å². The molecule has 0 amide bonds. The molecule has 6 nitrogen and oxygen atoms in total. The van der Waals surface area contributed by atoms with Crippen molar-refractivity contribution >= 4 is 10.0 Å². The Balaban J connectivity index is 3.04. The smallest absolute Gasteiger partial charge is 0.246 e. The SMILES string of the molecule is C=CCN(C)S(=O)(=O)c1c(CNCCC)n[nH]c1C. The van der Waals surface area contributed by atoms with E-state index in [1.54, 1.807) is 13.0 Å². The molecule has 0 aliphatic carbocycles. The van der Waals surface area contributed by atoms with Crippen molar-refractivity contribution in [3.05, 3.63) is 24.0 Å². The van der Waals surface area contributed by atoms with Gasteiger partial charge in [-0.3, -0.25) is 5.10 Å². The zero-order chi connectivity index (χ0) is 14.5. The van der Waals surface area contributed by atoms with E-state index in [0.717, 1.165) is 13.0 Å². The number of rotatable bonds is 8. The summed E-state index contributed by atoms with van der Waals surface area (Å²) in [6.45, 7) is 8.87. The molecule has 0 bridgehead atoms. The first-order valence-electron chi connectivity index (χ1n) is 6.26. The molecular formula is C12H22N4O2S. The van der Waals surface area contributed by atoms with Gasteiger partial charge in [-0.2, -0.15) is 9.40 Å². The molecule has 1 heterocycles. The lowest BCUT2D eigenvalue weighted by molar-refractivity contribution is 0.497. The molecule has 19 heavy (non-hydrogen) atoms. The van der Waals surface area contributed by atoms with E-state index < -0.39 is 10.0 Å². The summed E-state index contributed by atoms with van der Waals surface area (Å²) in [4.78, 5) is 0.264. The Bertz CT molecular complexity index is 522. The number of hydrogen-bond donors (Lipinski definition) is 2. The predicted octanol–water partition coefficient (Wildman–Crippen LogP) is 1.02. The maximum Gasteiger partial charge on any atom is 0.246 e. The van der Waals surface area contributed by atoms with Crippen LogP contribution in [0.1, 0.15) is 24.7 Å². The topological polar surface area (TPSA) is 78.1 Å². The fraction of sp³-hybridized carbons (Fsp3) is 0.583. The van der Waals surface area contributed by atoms with Crippen molar-refractivity contribution in [2.24, 2.45) is 0 Å². The molecule has 0 aromatic carbocycles. The first kappa shape index (κ1) is 15.9. The van der Waals surface area contributed by atoms with Crippen LogP contribution in [-0.4, -0.2) is 43.1 Å². The maximum absolute atomic E-state index is 12.4. The molecule has 0 unspecified atom stereocenters. The third-order valence-corrected chi connectivity index (χ3v) is 4.76. The predicted molar refractivity (Wildman–Crippen MR) is 75.3 cm³/mol. The number of aromatic amines is 1. The van der Waals surface area contributed by atoms with Gasteiger partial charge in [0.2, 0.25) is 10.0 Å². The van der Waals surface area contributed by atoms with Gasteiger partial charge in [0.05, 0.1) is 11.4 Å². The van der Waals surface area contributed by atoms with Gasteiger partial charge in [0.1, 0.15) is 4.90 Å². The maximum atomic E-state index is 12.4. The lowest BCUT2D eigenvalue weighted by Gasteiger charge is -2.15. The summed E-state index contributed by atoms with van der Waals surface area (Å²) in [5, 5.41) is 9.99. The van der Waals surface area contributed by atoms with Crippen LogP contribution in [0, 0.1) is 6.92 Å². The monoisotopic (exact) mass is 286 g/mol. The van der Waals surface area contributed by atoms with Gasteiger partial charge in [-0.15, -0.1) is 6.58 Å². The van der Waals surface area contributed by atoms with Crippen LogP contribution in [0.2, 0.25) is 0 Å². The third kappa shape index (κ3) is 3.65. The van der Waals surface area contributed by atoms with Crippen LogP contribution in [0.25, 0.3) is 0 Å². The van der Waals surface area contributed by atoms with E-state index in [2.05, 4.69) is 29.0 Å². The molecule has 1 aromatic rings. The molecule has 0 radical (unpaired) electrons. The van der Waals surface area contributed by atoms with E-state index in [-0.39, 0.29) is 11.4 Å². The second kappa shape index (κ2) is 6.83. The number of aryl methyl sites for hydroxylation is 1. The molecule has 108 valence electrons. The zero-order valence-electron chi connectivity index (χ0n) is 11.7. The summed E-state index contributed by atoms with van der Waals surface area (Å²) in [7, 11) is -1.99. The highest BCUT2D eigenvalue weighted by atomic mass is 32.2. The van der Waals surface area contributed by atoms with E-state index in [1.165, 1.54) is 11.4 Å². The minimum absolute atomic E-state index is 0.264. The van der Waals surface area contributed by atoms with Crippen LogP contribution in [0.4, 0.5) is 0 Å². The van der Waals surface area contributed by atoms with Crippen LogP contribution < -0.4 is 5.32 Å². The number of H-pyrrole nitrogens is 1. The van der Waals surface area contributed by atoms with E-state index in [0.29, 0.717) is 17.9 Å². The average Bonchev–Trinajstić information content (AvgIpc) is 2.72. The van der Waals surface area contributed by atoms with Crippen molar-refractivity contribution in [3.63, 3.8) is 0 Å². The largest absolute Gasteiger partial charge is 0.311 e. The second-order valence-electron chi connectivity index (χ2n) is 4.38. The van der Waals surface area contributed by atoms with Crippen molar-refractivity contribution in [3.8, 4) is 0 Å². The number of aromatic nitrogens is 2. The van der Waals surface area contributed by atoms with E-state index in [9.17, 15) is 8.42 Å². The molecule has 0 saturated carbocycles. The third-order valence-electron chi connectivity index (χ3n) is 2.73. The van der Waals surface area contributed by atoms with Gasteiger partial charge in [0.25, 0.3) is 0 Å². The van der Waals surface area contributed by atoms with Gasteiger partial charge in [0.15, 0.2) is 0 Å². The van der Waals surface area contributed by atoms with E-state index in [1.807, 2.05) is 0 Å². The van der Waals surface area contributed by atoms with Gasteiger partial charge >= 0.3 is 0 Å². The lowest BCUT2D eigenvalue weighted by atomic mass is 10.3. The van der Waals surface area contributed by atoms with Crippen molar-refractivity contribution in [1.29, 1.82) is 0 Å². The second-order valence-corrected chi connectivity index (χ2v) is 6.36. The fourth-order valence-electron chi connectivity index (χ4n) is 1.75. The first-order chi connectivity index (χ1) is 8.95. The number of likely N-dealkylation sites (N-methyl/N-ethyl adjacent to an activating group) is 1. The fourth-order valence-corrected chi connectivity index (χ4v) is 3.21. The number of sulfonamides is 1. The summed E-state index contributed by atoms with van der Waals surface area (Å²) in [5.41, 5.74) is 1.09. The van der Waals surface area contributed by atoms with Gasteiger partial charge in [-0.1, -0.05) is 13.0 Å². The quantitative estimate of drug-likeness (QED) is 0.552. The molecule has 0 saturated heterocycles. The summed E-state index contributed by atoms with van der Waals surface area (Å²) in [5.74, 6) is 0. The summed E-state index contributed by atoms with van der Waals surface area (Å²) in [6.07, 6.45) is 2.55. The van der Waals surface area contributed by atoms with Gasteiger partial charge in [0, 0.05) is 20.1 Å². The van der Waals surface area contributed by atoms with Gasteiger partial charge < -0.3 is 5.32 Å². The Hall–Kier alpha value is -1.18. The molecule has 1 aromatic heterocycles. The molecule has 2 N–H and O–H groups in total. The van der Waals surface area contributed by atoms with Crippen LogP contribution in [0.15, 0.2) is 17.6 Å². The minimum Gasteiger partial charge on any atom is -0.311 e. The van der Waals surface area contributed by atoms with Crippen LogP contribution in [0.5, 0.6) is 0 Å². The van der Waals surface area contributed by atoms with Crippen molar-refractivity contribution in [2.45, 2.75) is 31.7 Å². The van der Waals surface area contributed by atoms with Crippen molar-refractivity contribution in [2.75, 3.05) is 20.1 Å². The Labute approximate surface area is 114 Å². The highest BCUT2D eigenvalue weighted by molar-refractivity contribution is 7.89. The summed E-state index contributed by atoms with van der Waals surface area (Å²) >= 11 is 0. The number of nitrogens with one attached hydrogen (secondary N) is 2. The normalized spacial score (nSPS) is 12.0. The summed E-state index contributed by atoms with van der Waals surface area (Å²) < 4.78 is 26.2. The molecule has 1 rings (SSSR count). The van der Waals surface area contributed by atoms with Crippen LogP contribution in [-0.2, 0) is 16.6 Å². The number of nitrogens with zero attached hydrogens (tertiary/aromatic N) is 2. The minimum atomic E-state index is -3.53. The first-order valence-corrected chi connectivity index (χ1v) is 7.71. The van der Waals surface area contributed by atoms with Crippen LogP contribution in [0.3, 0.4) is 0 Å². The lowest BCUT2D eigenvalue weighted by Crippen LogP contribution is -2.28. The molecule has 0 aliphatic rings. The molecule has 0 aliphatic heterocycles. The summed E-state index contributed by atoms with van der Waals surface area (Å²) in [6, 6.07) is 0. The Morgan fingerprint density at radius 3 is 2.79 bits per heavy atom. The Kier molecular flexibility index (Phi) is 5.71. The molecule has 0 spiro atoms. The molecule has 0 fully saturated rings. The van der Waals surface area contributed by atoms with Gasteiger partial charge in [-0.05, 0) is 19.9 Å². The van der Waals surface area contributed by atoms with Gasteiger partial charge in [-0.25, -0.2) is 8.42 Å². The Morgan fingerprint density at radius 1 is 1.53 bits per heavy atom. The number of hydrogen-bond acceptors (Lipinski definition) is 4.